The van der Waals surface area contributed by atoms with Gasteiger partial charge < -0.3 is 14.8 Å². The molecule has 0 aliphatic rings. The van der Waals surface area contributed by atoms with Crippen LogP contribution in [0.2, 0.25) is 0 Å². The monoisotopic (exact) mass is 401 g/mol. The average Bonchev–Trinajstić information content (AvgIpc) is 3.11. The standard InChI is InChI=1S/C24H19NO5/c26-20(14-19(24(28)29)25-23(27)12-15-6-2-1-3-7-15)16-10-11-22-18(13-16)17-8-4-5-9-21(17)30-22/h1-11,13,19H,12,14H2,(H,25,27)(H,28,29). The number of furan rings is 1. The molecule has 2 N–H and O–H groups in total. The number of carboxylic acids is 1. The molecule has 6 heteroatoms. The maximum atomic E-state index is 12.8. The Morgan fingerprint density at radius 3 is 2.33 bits per heavy atom. The molecular weight excluding hydrogens is 382 g/mol. The predicted octanol–water partition coefficient (Wildman–Crippen LogP) is 3.97. The second-order valence-corrected chi connectivity index (χ2v) is 7.06. The predicted molar refractivity (Wildman–Crippen MR) is 112 cm³/mol. The highest BCUT2D eigenvalue weighted by Crippen LogP contribution is 2.29. The second kappa shape index (κ2) is 8.21. The van der Waals surface area contributed by atoms with Crippen molar-refractivity contribution in [1.29, 1.82) is 0 Å². The lowest BCUT2D eigenvalue weighted by Crippen LogP contribution is -2.42. The highest BCUT2D eigenvalue weighted by Gasteiger charge is 2.24. The maximum Gasteiger partial charge on any atom is 0.326 e. The molecule has 1 amide bonds. The Morgan fingerprint density at radius 1 is 0.867 bits per heavy atom. The first-order chi connectivity index (χ1) is 14.5. The van der Waals surface area contributed by atoms with Crippen LogP contribution in [0.15, 0.2) is 77.2 Å². The molecule has 30 heavy (non-hydrogen) atoms. The molecule has 0 fully saturated rings. The van der Waals surface area contributed by atoms with Crippen molar-refractivity contribution in [2.24, 2.45) is 0 Å². The molecule has 6 nitrogen and oxygen atoms in total. The fourth-order valence-electron chi connectivity index (χ4n) is 3.43. The first-order valence-electron chi connectivity index (χ1n) is 9.52. The smallest absolute Gasteiger partial charge is 0.326 e. The summed E-state index contributed by atoms with van der Waals surface area (Å²) >= 11 is 0. The third-order valence-electron chi connectivity index (χ3n) is 4.93. The number of benzene rings is 3. The Morgan fingerprint density at radius 2 is 1.57 bits per heavy atom. The molecule has 0 saturated heterocycles. The van der Waals surface area contributed by atoms with Crippen LogP contribution in [0.25, 0.3) is 21.9 Å². The summed E-state index contributed by atoms with van der Waals surface area (Å²) < 4.78 is 5.75. The first kappa shape index (κ1) is 19.4. The summed E-state index contributed by atoms with van der Waals surface area (Å²) in [5, 5.41) is 13.6. The highest BCUT2D eigenvalue weighted by atomic mass is 16.4. The van der Waals surface area contributed by atoms with Crippen LogP contribution in [0.4, 0.5) is 0 Å². The SMILES string of the molecule is O=C(Cc1ccccc1)NC(CC(=O)c1ccc2oc3ccccc3c2c1)C(=O)O. The molecule has 1 aromatic heterocycles. The summed E-state index contributed by atoms with van der Waals surface area (Å²) in [6.45, 7) is 0. The van der Waals surface area contributed by atoms with Crippen LogP contribution in [-0.4, -0.2) is 28.8 Å². The van der Waals surface area contributed by atoms with Gasteiger partial charge in [0.05, 0.1) is 6.42 Å². The summed E-state index contributed by atoms with van der Waals surface area (Å²) in [7, 11) is 0. The quantitative estimate of drug-likeness (QED) is 0.457. The van der Waals surface area contributed by atoms with Gasteiger partial charge in [-0.25, -0.2) is 4.79 Å². The van der Waals surface area contributed by atoms with E-state index in [1.807, 2.05) is 30.3 Å². The number of hydrogen-bond acceptors (Lipinski definition) is 4. The number of fused-ring (bicyclic) bond motifs is 3. The lowest BCUT2D eigenvalue weighted by atomic mass is 10.0. The Bertz CT molecular complexity index is 1240. The van der Waals surface area contributed by atoms with Gasteiger partial charge in [0.25, 0.3) is 0 Å². The van der Waals surface area contributed by atoms with E-state index in [1.165, 1.54) is 0 Å². The molecule has 0 saturated carbocycles. The first-order valence-corrected chi connectivity index (χ1v) is 9.52. The second-order valence-electron chi connectivity index (χ2n) is 7.06. The largest absolute Gasteiger partial charge is 0.480 e. The van der Waals surface area contributed by atoms with Gasteiger partial charge in [-0.2, -0.15) is 0 Å². The fourth-order valence-corrected chi connectivity index (χ4v) is 3.43. The maximum absolute atomic E-state index is 12.8. The minimum Gasteiger partial charge on any atom is -0.480 e. The molecular formula is C24H19NO5. The molecule has 0 aliphatic carbocycles. The van der Waals surface area contributed by atoms with Crippen LogP contribution in [-0.2, 0) is 16.0 Å². The summed E-state index contributed by atoms with van der Waals surface area (Å²) in [5.74, 6) is -2.06. The van der Waals surface area contributed by atoms with Crippen LogP contribution in [0, 0.1) is 0 Å². The van der Waals surface area contributed by atoms with Gasteiger partial charge in [-0.1, -0.05) is 48.5 Å². The van der Waals surface area contributed by atoms with Crippen LogP contribution in [0.1, 0.15) is 22.3 Å². The van der Waals surface area contributed by atoms with Gasteiger partial charge in [0.2, 0.25) is 5.91 Å². The molecule has 0 bridgehead atoms. The van der Waals surface area contributed by atoms with Gasteiger partial charge in [-0.15, -0.1) is 0 Å². The van der Waals surface area contributed by atoms with Gasteiger partial charge in [-0.3, -0.25) is 9.59 Å². The van der Waals surface area contributed by atoms with Gasteiger partial charge in [0.15, 0.2) is 5.78 Å². The van der Waals surface area contributed by atoms with Crippen molar-refractivity contribution >= 4 is 39.6 Å². The molecule has 1 heterocycles. The Kier molecular flexibility index (Phi) is 5.30. The molecule has 1 unspecified atom stereocenters. The minimum absolute atomic E-state index is 0.0474. The van der Waals surface area contributed by atoms with Crippen molar-refractivity contribution in [1.82, 2.24) is 5.32 Å². The fraction of sp³-hybridized carbons (Fsp3) is 0.125. The van der Waals surface area contributed by atoms with Gasteiger partial charge >= 0.3 is 5.97 Å². The minimum atomic E-state index is -1.30. The van der Waals surface area contributed by atoms with E-state index in [0.717, 1.165) is 16.3 Å². The van der Waals surface area contributed by atoms with Crippen molar-refractivity contribution in [2.75, 3.05) is 0 Å². The third-order valence-corrected chi connectivity index (χ3v) is 4.93. The summed E-state index contributed by atoms with van der Waals surface area (Å²) in [5.41, 5.74) is 2.51. The molecule has 1 atom stereocenters. The van der Waals surface area contributed by atoms with Crippen LogP contribution < -0.4 is 5.32 Å². The van der Waals surface area contributed by atoms with E-state index in [-0.39, 0.29) is 18.6 Å². The zero-order valence-electron chi connectivity index (χ0n) is 16.0. The number of ketones is 1. The lowest BCUT2D eigenvalue weighted by molar-refractivity contribution is -0.141. The number of para-hydroxylation sites is 1. The number of carboxylic acid groups (broad SMARTS) is 1. The van der Waals surface area contributed by atoms with Crippen LogP contribution >= 0.6 is 0 Å². The Hall–Kier alpha value is -3.93. The zero-order chi connectivity index (χ0) is 21.1. The number of amides is 1. The lowest BCUT2D eigenvalue weighted by Gasteiger charge is -2.14. The van der Waals surface area contributed by atoms with Gasteiger partial charge in [0.1, 0.15) is 17.2 Å². The van der Waals surface area contributed by atoms with E-state index < -0.39 is 17.9 Å². The van der Waals surface area contributed by atoms with Gasteiger partial charge in [-0.05, 0) is 29.8 Å². The van der Waals surface area contributed by atoms with Crippen molar-refractivity contribution in [3.63, 3.8) is 0 Å². The average molecular weight is 401 g/mol. The number of rotatable bonds is 7. The van der Waals surface area contributed by atoms with Gasteiger partial charge in [0, 0.05) is 22.8 Å². The number of aliphatic carboxylic acids is 1. The molecule has 3 aromatic carbocycles. The van der Waals surface area contributed by atoms with E-state index in [4.69, 9.17) is 4.42 Å². The third kappa shape index (κ3) is 4.07. The summed E-state index contributed by atoms with van der Waals surface area (Å²) in [4.78, 5) is 36.6. The van der Waals surface area contributed by atoms with Crippen molar-refractivity contribution in [2.45, 2.75) is 18.9 Å². The Balaban J connectivity index is 1.50. The van der Waals surface area contributed by atoms with Crippen LogP contribution in [0.3, 0.4) is 0 Å². The number of carbonyl (C=O) groups excluding carboxylic acids is 2. The van der Waals surface area contributed by atoms with E-state index in [0.29, 0.717) is 16.7 Å². The number of Topliss-reactive ketones (excluding diaryl/α,β-unsaturated/α-hetero) is 1. The zero-order valence-corrected chi connectivity index (χ0v) is 16.0. The molecule has 0 spiro atoms. The number of carbonyl (C=O) groups is 3. The van der Waals surface area contributed by atoms with E-state index in [9.17, 15) is 19.5 Å². The molecule has 0 radical (unpaired) electrons. The summed E-state index contributed by atoms with van der Waals surface area (Å²) in [6, 6.07) is 20.2. The number of hydrogen-bond donors (Lipinski definition) is 2. The van der Waals surface area contributed by atoms with E-state index in [2.05, 4.69) is 5.32 Å². The molecule has 0 aliphatic heterocycles. The summed E-state index contributed by atoms with van der Waals surface area (Å²) in [6.07, 6.45) is -0.289. The van der Waals surface area contributed by atoms with Crippen LogP contribution in [0.5, 0.6) is 0 Å². The normalized spacial score (nSPS) is 12.0. The Labute approximate surface area is 172 Å². The molecule has 4 aromatic rings. The van der Waals surface area contributed by atoms with Crippen molar-refractivity contribution in [3.8, 4) is 0 Å². The van der Waals surface area contributed by atoms with Crippen molar-refractivity contribution < 1.29 is 23.9 Å². The topological polar surface area (TPSA) is 96.6 Å². The highest BCUT2D eigenvalue weighted by molar-refractivity contribution is 6.09. The number of nitrogens with one attached hydrogen (secondary N) is 1. The van der Waals surface area contributed by atoms with Crippen molar-refractivity contribution in [3.05, 3.63) is 83.9 Å². The van der Waals surface area contributed by atoms with E-state index >= 15 is 0 Å². The van der Waals surface area contributed by atoms with E-state index in [1.54, 1.807) is 42.5 Å². The molecule has 4 rings (SSSR count). The molecule has 150 valence electrons.